The van der Waals surface area contributed by atoms with Crippen LogP contribution in [0.15, 0.2) is 29.2 Å². The van der Waals surface area contributed by atoms with Gasteiger partial charge in [-0.25, -0.2) is 0 Å². The largest absolute Gasteiger partial charge is 0.308 e. The minimum Gasteiger partial charge on any atom is -0.308 e. The van der Waals surface area contributed by atoms with Gasteiger partial charge in [-0.1, -0.05) is 18.2 Å². The third-order valence-electron chi connectivity index (χ3n) is 3.07. The van der Waals surface area contributed by atoms with E-state index in [1.54, 1.807) is 0 Å². The van der Waals surface area contributed by atoms with Crippen LogP contribution in [0.2, 0.25) is 0 Å². The van der Waals surface area contributed by atoms with Gasteiger partial charge in [-0.15, -0.1) is 11.8 Å². The molecule has 14 heavy (non-hydrogen) atoms. The molecule has 0 radical (unpaired) electrons. The Labute approximate surface area is 90.3 Å². The number of thioether (sulfide) groups is 1. The highest BCUT2D eigenvalue weighted by atomic mass is 32.2. The molecule has 2 rings (SSSR count). The molecule has 1 fully saturated rings. The zero-order valence-corrected chi connectivity index (χ0v) is 9.66. The summed E-state index contributed by atoms with van der Waals surface area (Å²) in [7, 11) is 0. The van der Waals surface area contributed by atoms with Gasteiger partial charge in [0.25, 0.3) is 0 Å². The molecule has 1 atom stereocenters. The first-order chi connectivity index (χ1) is 6.76. The van der Waals surface area contributed by atoms with E-state index in [0.717, 1.165) is 6.54 Å². The summed E-state index contributed by atoms with van der Waals surface area (Å²) in [6.45, 7) is 3.47. The van der Waals surface area contributed by atoms with Gasteiger partial charge < -0.3 is 5.32 Å². The van der Waals surface area contributed by atoms with Crippen LogP contribution in [0.25, 0.3) is 0 Å². The molecule has 0 aromatic heterocycles. The summed E-state index contributed by atoms with van der Waals surface area (Å²) in [6.07, 6.45) is 4.70. The van der Waals surface area contributed by atoms with Crippen molar-refractivity contribution in [3.63, 3.8) is 0 Å². The number of nitrogens with one attached hydrogen (secondary N) is 1. The van der Waals surface area contributed by atoms with E-state index in [-0.39, 0.29) is 5.54 Å². The molecule has 1 aromatic carbocycles. The smallest absolute Gasteiger partial charge is 0.0417 e. The van der Waals surface area contributed by atoms with Crippen LogP contribution in [0.1, 0.15) is 25.3 Å². The summed E-state index contributed by atoms with van der Waals surface area (Å²) in [5.74, 6) is 0. The van der Waals surface area contributed by atoms with Crippen LogP contribution >= 0.6 is 11.8 Å². The fourth-order valence-corrected chi connectivity index (χ4v) is 2.95. The minimum absolute atomic E-state index is 0.208. The molecule has 0 spiro atoms. The second-order valence-corrected chi connectivity index (χ2v) is 4.91. The van der Waals surface area contributed by atoms with Gasteiger partial charge in [0, 0.05) is 10.4 Å². The Balaban J connectivity index is 2.39. The Kier molecular flexibility index (Phi) is 2.84. The van der Waals surface area contributed by atoms with Crippen molar-refractivity contribution in [1.29, 1.82) is 0 Å². The average Bonchev–Trinajstić information content (AvgIpc) is 2.66. The predicted octanol–water partition coefficient (Wildman–Crippen LogP) is 3.01. The fourth-order valence-electron chi connectivity index (χ4n) is 2.22. The lowest BCUT2D eigenvalue weighted by Crippen LogP contribution is -2.33. The van der Waals surface area contributed by atoms with Crippen LogP contribution in [0.3, 0.4) is 0 Å². The molecule has 1 saturated heterocycles. The highest BCUT2D eigenvalue weighted by Gasteiger charge is 2.31. The van der Waals surface area contributed by atoms with E-state index >= 15 is 0 Å². The van der Waals surface area contributed by atoms with Gasteiger partial charge in [-0.2, -0.15) is 0 Å². The predicted molar refractivity (Wildman–Crippen MR) is 62.8 cm³/mol. The van der Waals surface area contributed by atoms with Crippen molar-refractivity contribution in [1.82, 2.24) is 5.32 Å². The van der Waals surface area contributed by atoms with Gasteiger partial charge in [0.2, 0.25) is 0 Å². The molecule has 1 aliphatic heterocycles. The summed E-state index contributed by atoms with van der Waals surface area (Å²) >= 11 is 1.84. The maximum atomic E-state index is 3.61. The Bertz CT molecular complexity index is 316. The normalized spacial score (nSPS) is 26.7. The van der Waals surface area contributed by atoms with Crippen molar-refractivity contribution < 1.29 is 0 Å². The van der Waals surface area contributed by atoms with E-state index in [0.29, 0.717) is 0 Å². The van der Waals surface area contributed by atoms with Gasteiger partial charge in [-0.05, 0) is 44.2 Å². The summed E-state index contributed by atoms with van der Waals surface area (Å²) in [5, 5.41) is 3.61. The molecule has 1 N–H and O–H groups in total. The minimum atomic E-state index is 0.208. The molecule has 76 valence electrons. The molecule has 1 unspecified atom stereocenters. The highest BCUT2D eigenvalue weighted by Crippen LogP contribution is 2.35. The molecule has 0 bridgehead atoms. The Morgan fingerprint density at radius 2 is 2.14 bits per heavy atom. The molecule has 1 aromatic rings. The third-order valence-corrected chi connectivity index (χ3v) is 3.87. The van der Waals surface area contributed by atoms with E-state index in [1.807, 2.05) is 11.8 Å². The second-order valence-electron chi connectivity index (χ2n) is 4.06. The number of hydrogen-bond donors (Lipinski definition) is 1. The standard InChI is InChI=1S/C12H17NS/c1-12(8-5-9-13-12)10-6-3-4-7-11(10)14-2/h3-4,6-7,13H,5,8-9H2,1-2H3. The first-order valence-corrected chi connectivity index (χ1v) is 6.37. The topological polar surface area (TPSA) is 12.0 Å². The van der Waals surface area contributed by atoms with E-state index in [2.05, 4.69) is 42.8 Å². The second kappa shape index (κ2) is 3.95. The molecule has 0 aliphatic carbocycles. The summed E-state index contributed by atoms with van der Waals surface area (Å²) in [5.41, 5.74) is 1.67. The number of rotatable bonds is 2. The average molecular weight is 207 g/mol. The number of hydrogen-bond acceptors (Lipinski definition) is 2. The Morgan fingerprint density at radius 1 is 1.36 bits per heavy atom. The Morgan fingerprint density at radius 3 is 2.79 bits per heavy atom. The van der Waals surface area contributed by atoms with Crippen LogP contribution in [-0.2, 0) is 5.54 Å². The van der Waals surface area contributed by atoms with E-state index < -0.39 is 0 Å². The molecule has 2 heteroatoms. The summed E-state index contributed by atoms with van der Waals surface area (Å²) < 4.78 is 0. The number of benzene rings is 1. The molecule has 1 nitrogen and oxygen atoms in total. The molecule has 0 saturated carbocycles. The third kappa shape index (κ3) is 1.69. The van der Waals surface area contributed by atoms with Crippen molar-refractivity contribution >= 4 is 11.8 Å². The van der Waals surface area contributed by atoms with Crippen LogP contribution < -0.4 is 5.32 Å². The van der Waals surface area contributed by atoms with Gasteiger partial charge in [0.05, 0.1) is 0 Å². The lowest BCUT2D eigenvalue weighted by Gasteiger charge is -2.27. The highest BCUT2D eigenvalue weighted by molar-refractivity contribution is 7.98. The van der Waals surface area contributed by atoms with Gasteiger partial charge in [-0.3, -0.25) is 0 Å². The fraction of sp³-hybridized carbons (Fsp3) is 0.500. The quantitative estimate of drug-likeness (QED) is 0.748. The first kappa shape index (κ1) is 10.1. The zero-order chi connectivity index (χ0) is 10.0. The Hall–Kier alpha value is -0.470. The SMILES string of the molecule is CSc1ccccc1C1(C)CCCN1. The van der Waals surface area contributed by atoms with E-state index in [9.17, 15) is 0 Å². The molecule has 1 aliphatic rings. The van der Waals surface area contributed by atoms with Gasteiger partial charge >= 0.3 is 0 Å². The van der Waals surface area contributed by atoms with Crippen molar-refractivity contribution in [2.45, 2.75) is 30.2 Å². The molecule has 0 amide bonds. The maximum Gasteiger partial charge on any atom is 0.0417 e. The van der Waals surface area contributed by atoms with Gasteiger partial charge in [0.1, 0.15) is 0 Å². The molecular formula is C12H17NS. The van der Waals surface area contributed by atoms with Crippen LogP contribution in [-0.4, -0.2) is 12.8 Å². The van der Waals surface area contributed by atoms with E-state index in [4.69, 9.17) is 0 Å². The zero-order valence-electron chi connectivity index (χ0n) is 8.84. The molecule has 1 heterocycles. The lowest BCUT2D eigenvalue weighted by atomic mass is 9.90. The van der Waals surface area contributed by atoms with Crippen LogP contribution in [0.5, 0.6) is 0 Å². The van der Waals surface area contributed by atoms with Crippen LogP contribution in [0, 0.1) is 0 Å². The van der Waals surface area contributed by atoms with Gasteiger partial charge in [0.15, 0.2) is 0 Å². The summed E-state index contributed by atoms with van der Waals surface area (Å²) in [6, 6.07) is 8.73. The van der Waals surface area contributed by atoms with E-state index in [1.165, 1.54) is 23.3 Å². The van der Waals surface area contributed by atoms with Crippen molar-refractivity contribution in [3.8, 4) is 0 Å². The lowest BCUT2D eigenvalue weighted by molar-refractivity contribution is 0.427. The van der Waals surface area contributed by atoms with Crippen molar-refractivity contribution in [2.24, 2.45) is 0 Å². The summed E-state index contributed by atoms with van der Waals surface area (Å²) in [4.78, 5) is 1.41. The van der Waals surface area contributed by atoms with Crippen LogP contribution in [0.4, 0.5) is 0 Å². The molecular weight excluding hydrogens is 190 g/mol. The van der Waals surface area contributed by atoms with Crippen molar-refractivity contribution in [3.05, 3.63) is 29.8 Å². The maximum absolute atomic E-state index is 3.61. The monoisotopic (exact) mass is 207 g/mol. The van der Waals surface area contributed by atoms with Crippen molar-refractivity contribution in [2.75, 3.05) is 12.8 Å². The first-order valence-electron chi connectivity index (χ1n) is 5.15.